The molecule has 0 N–H and O–H groups in total. The Labute approximate surface area is 158 Å². The molecule has 0 aromatic carbocycles. The van der Waals surface area contributed by atoms with E-state index in [0.29, 0.717) is 12.5 Å². The highest BCUT2D eigenvalue weighted by molar-refractivity contribution is 5.57. The van der Waals surface area contributed by atoms with Gasteiger partial charge in [-0.1, -0.05) is 0 Å². The van der Waals surface area contributed by atoms with Gasteiger partial charge in [-0.15, -0.1) is 0 Å². The van der Waals surface area contributed by atoms with Gasteiger partial charge in [0, 0.05) is 61.2 Å². The molecule has 0 unspecified atom stereocenters. The minimum absolute atomic E-state index is 0.0417. The molecule has 0 aliphatic carbocycles. The summed E-state index contributed by atoms with van der Waals surface area (Å²) >= 11 is 0. The molecule has 3 aromatic heterocycles. The number of piperidine rings is 1. The van der Waals surface area contributed by atoms with Crippen LogP contribution in [0.2, 0.25) is 0 Å². The van der Waals surface area contributed by atoms with Gasteiger partial charge in [-0.3, -0.25) is 14.8 Å². The lowest BCUT2D eigenvalue weighted by atomic mass is 9.96. The van der Waals surface area contributed by atoms with Crippen LogP contribution in [-0.2, 0) is 6.54 Å². The van der Waals surface area contributed by atoms with Crippen molar-refractivity contribution >= 4 is 5.69 Å². The van der Waals surface area contributed by atoms with Crippen molar-refractivity contribution in [2.24, 2.45) is 5.92 Å². The third kappa shape index (κ3) is 4.05. The Kier molecular flexibility index (Phi) is 4.96. The summed E-state index contributed by atoms with van der Waals surface area (Å²) in [5.74, 6) is 0.460. The van der Waals surface area contributed by atoms with Crippen LogP contribution in [0.25, 0.3) is 11.3 Å². The summed E-state index contributed by atoms with van der Waals surface area (Å²) in [5, 5.41) is 4.58. The van der Waals surface area contributed by atoms with Crippen LogP contribution < -0.4 is 10.5 Å². The van der Waals surface area contributed by atoms with E-state index in [1.807, 2.05) is 25.3 Å². The number of anilines is 1. The molecular weight excluding hydrogens is 338 g/mol. The summed E-state index contributed by atoms with van der Waals surface area (Å²) in [6.07, 6.45) is 7.45. The first-order chi connectivity index (χ1) is 13.2. The Morgan fingerprint density at radius 1 is 1.04 bits per heavy atom. The van der Waals surface area contributed by atoms with E-state index in [1.165, 1.54) is 5.69 Å². The molecule has 0 amide bonds. The molecule has 1 aliphatic rings. The van der Waals surface area contributed by atoms with E-state index in [0.717, 1.165) is 42.9 Å². The first kappa shape index (κ1) is 17.4. The molecule has 6 nitrogen and oxygen atoms in total. The molecule has 1 fully saturated rings. The molecule has 3 aromatic rings. The van der Waals surface area contributed by atoms with Crippen molar-refractivity contribution in [3.05, 3.63) is 71.0 Å². The van der Waals surface area contributed by atoms with Crippen LogP contribution in [0.15, 0.2) is 59.8 Å². The summed E-state index contributed by atoms with van der Waals surface area (Å²) in [6.45, 7) is 4.67. The van der Waals surface area contributed by atoms with Crippen molar-refractivity contribution in [2.75, 3.05) is 18.0 Å². The van der Waals surface area contributed by atoms with E-state index in [-0.39, 0.29) is 5.56 Å². The number of rotatable bonds is 4. The molecule has 6 heteroatoms. The molecule has 0 saturated carbocycles. The second-order valence-electron chi connectivity index (χ2n) is 7.06. The van der Waals surface area contributed by atoms with Gasteiger partial charge in [0.15, 0.2) is 0 Å². The zero-order valence-corrected chi connectivity index (χ0v) is 15.5. The highest BCUT2D eigenvalue weighted by Gasteiger charge is 2.21. The molecule has 0 atom stereocenters. The second kappa shape index (κ2) is 7.70. The minimum Gasteiger partial charge on any atom is -0.371 e. The molecule has 4 heterocycles. The average Bonchev–Trinajstić information content (AvgIpc) is 2.71. The van der Waals surface area contributed by atoms with E-state index >= 15 is 0 Å². The van der Waals surface area contributed by atoms with E-state index in [9.17, 15) is 4.79 Å². The van der Waals surface area contributed by atoms with Crippen molar-refractivity contribution in [3.63, 3.8) is 0 Å². The zero-order valence-electron chi connectivity index (χ0n) is 15.5. The molecule has 1 aliphatic heterocycles. The molecular formula is C21H23N5O. The zero-order chi connectivity index (χ0) is 18.6. The third-order valence-corrected chi connectivity index (χ3v) is 5.13. The number of aromatic nitrogens is 4. The summed E-state index contributed by atoms with van der Waals surface area (Å²) in [7, 11) is 0. The maximum Gasteiger partial charge on any atom is 0.266 e. The van der Waals surface area contributed by atoms with E-state index in [4.69, 9.17) is 0 Å². The summed E-state index contributed by atoms with van der Waals surface area (Å²) in [6, 6.07) is 11.4. The topological polar surface area (TPSA) is 63.9 Å². The highest BCUT2D eigenvalue weighted by Crippen LogP contribution is 2.24. The first-order valence-electron chi connectivity index (χ1n) is 9.35. The normalized spacial score (nSPS) is 15.1. The van der Waals surface area contributed by atoms with Crippen molar-refractivity contribution in [3.8, 4) is 11.3 Å². The second-order valence-corrected chi connectivity index (χ2v) is 7.06. The maximum atomic E-state index is 12.3. The van der Waals surface area contributed by atoms with E-state index in [2.05, 4.69) is 32.1 Å². The fraction of sp³-hybridized carbons (Fsp3) is 0.333. The van der Waals surface area contributed by atoms with Crippen LogP contribution in [0, 0.1) is 12.8 Å². The molecule has 0 bridgehead atoms. The molecule has 4 rings (SSSR count). The lowest BCUT2D eigenvalue weighted by Crippen LogP contribution is -2.36. The molecule has 27 heavy (non-hydrogen) atoms. The van der Waals surface area contributed by atoms with Gasteiger partial charge in [-0.25, -0.2) is 4.68 Å². The number of hydrogen-bond acceptors (Lipinski definition) is 5. The van der Waals surface area contributed by atoms with Gasteiger partial charge in [0.1, 0.15) is 0 Å². The van der Waals surface area contributed by atoms with Gasteiger partial charge < -0.3 is 4.90 Å². The van der Waals surface area contributed by atoms with Crippen LogP contribution in [0.1, 0.15) is 18.5 Å². The number of hydrogen-bond donors (Lipinski definition) is 0. The molecule has 0 spiro atoms. The Bertz CT molecular complexity index is 962. The summed E-state index contributed by atoms with van der Waals surface area (Å²) in [4.78, 5) is 23.0. The predicted molar refractivity (Wildman–Crippen MR) is 106 cm³/mol. The van der Waals surface area contributed by atoms with E-state index in [1.54, 1.807) is 29.2 Å². The first-order valence-corrected chi connectivity index (χ1v) is 9.35. The standard InChI is InChI=1S/C21H23N5O/c1-16-14-19(6-11-23-16)25-12-7-17(8-13-25)15-26-21(27)3-2-20(24-26)18-4-9-22-10-5-18/h2-6,9-11,14,17H,7-8,12-13,15H2,1H3. The van der Waals surface area contributed by atoms with E-state index < -0.39 is 0 Å². The predicted octanol–water partition coefficient (Wildman–Crippen LogP) is 2.93. The maximum absolute atomic E-state index is 12.3. The summed E-state index contributed by atoms with van der Waals surface area (Å²) in [5.41, 5.74) is 4.01. The van der Waals surface area contributed by atoms with Crippen molar-refractivity contribution in [1.82, 2.24) is 19.7 Å². The Hall–Kier alpha value is -3.02. The Morgan fingerprint density at radius 2 is 1.81 bits per heavy atom. The van der Waals surface area contributed by atoms with Gasteiger partial charge >= 0.3 is 0 Å². The average molecular weight is 361 g/mol. The van der Waals surface area contributed by atoms with Crippen LogP contribution in [0.3, 0.4) is 0 Å². The van der Waals surface area contributed by atoms with Gasteiger partial charge in [0.05, 0.1) is 5.69 Å². The quantitative estimate of drug-likeness (QED) is 0.715. The fourth-order valence-electron chi connectivity index (χ4n) is 3.60. The van der Waals surface area contributed by atoms with Gasteiger partial charge in [-0.05, 0) is 56.0 Å². The lowest BCUT2D eigenvalue weighted by Gasteiger charge is -2.33. The van der Waals surface area contributed by atoms with Crippen LogP contribution in [0.4, 0.5) is 5.69 Å². The number of aryl methyl sites for hydroxylation is 1. The number of pyridine rings is 2. The Balaban J connectivity index is 1.44. The third-order valence-electron chi connectivity index (χ3n) is 5.13. The molecule has 0 radical (unpaired) electrons. The summed E-state index contributed by atoms with van der Waals surface area (Å²) < 4.78 is 1.62. The van der Waals surface area contributed by atoms with Crippen molar-refractivity contribution in [1.29, 1.82) is 0 Å². The van der Waals surface area contributed by atoms with Crippen LogP contribution >= 0.6 is 0 Å². The van der Waals surface area contributed by atoms with Crippen LogP contribution in [-0.4, -0.2) is 32.8 Å². The SMILES string of the molecule is Cc1cc(N2CCC(Cn3nc(-c4ccncc4)ccc3=O)CC2)ccn1. The van der Waals surface area contributed by atoms with Crippen LogP contribution in [0.5, 0.6) is 0 Å². The van der Waals surface area contributed by atoms with Gasteiger partial charge in [0.2, 0.25) is 0 Å². The molecule has 138 valence electrons. The van der Waals surface area contributed by atoms with Gasteiger partial charge in [0.25, 0.3) is 5.56 Å². The fourth-order valence-corrected chi connectivity index (χ4v) is 3.60. The monoisotopic (exact) mass is 361 g/mol. The highest BCUT2D eigenvalue weighted by atomic mass is 16.1. The van der Waals surface area contributed by atoms with Crippen molar-refractivity contribution in [2.45, 2.75) is 26.3 Å². The molecule has 1 saturated heterocycles. The smallest absolute Gasteiger partial charge is 0.266 e. The largest absolute Gasteiger partial charge is 0.371 e. The minimum atomic E-state index is -0.0417. The number of nitrogens with zero attached hydrogens (tertiary/aromatic N) is 5. The van der Waals surface area contributed by atoms with Crippen molar-refractivity contribution < 1.29 is 0 Å². The Morgan fingerprint density at radius 3 is 2.56 bits per heavy atom. The van der Waals surface area contributed by atoms with Gasteiger partial charge in [-0.2, -0.15) is 5.10 Å². The lowest BCUT2D eigenvalue weighted by molar-refractivity contribution is 0.336.